The highest BCUT2D eigenvalue weighted by molar-refractivity contribution is 7.52. The molecule has 5 aromatic rings. The molecule has 0 saturated heterocycles. The van der Waals surface area contributed by atoms with Crippen molar-refractivity contribution in [3.8, 4) is 11.4 Å². The van der Waals surface area contributed by atoms with E-state index in [1.807, 2.05) is 0 Å². The lowest BCUT2D eigenvalue weighted by atomic mass is 9.71. The average molecular weight is 676 g/mol. The maximum Gasteiger partial charge on any atom is 0.399 e. The highest BCUT2D eigenvalue weighted by Gasteiger charge is 2.51. The normalized spacial score (nSPS) is 13.1. The number of rotatable bonds is 11. The van der Waals surface area contributed by atoms with Crippen molar-refractivity contribution < 1.29 is 50.8 Å². The fourth-order valence-electron chi connectivity index (χ4n) is 5.10. The van der Waals surface area contributed by atoms with Gasteiger partial charge in [-0.3, -0.25) is 9.13 Å². The van der Waals surface area contributed by atoms with Crippen LogP contribution in [-0.2, 0) is 38.7 Å². The lowest BCUT2D eigenvalue weighted by molar-refractivity contribution is 0.0564. The molecule has 0 spiro atoms. The van der Waals surface area contributed by atoms with Crippen molar-refractivity contribution >= 4 is 15.2 Å². The van der Waals surface area contributed by atoms with Gasteiger partial charge in [0.2, 0.25) is 11.7 Å². The van der Waals surface area contributed by atoms with E-state index >= 15 is 0 Å². The molecule has 1 heterocycles. The summed E-state index contributed by atoms with van der Waals surface area (Å²) in [6.45, 7) is 0. The highest BCUT2D eigenvalue weighted by atomic mass is 31.2. The van der Waals surface area contributed by atoms with Crippen LogP contribution in [0.4, 0.5) is 17.6 Å². The van der Waals surface area contributed by atoms with Gasteiger partial charge < -0.3 is 24.1 Å². The Labute approximate surface area is 259 Å². The van der Waals surface area contributed by atoms with E-state index in [1.54, 1.807) is 60.7 Å². The van der Waals surface area contributed by atoms with Crippen molar-refractivity contribution in [2.24, 2.45) is 0 Å². The van der Waals surface area contributed by atoms with Gasteiger partial charge in [-0.05, 0) is 29.5 Å². The second-order valence-corrected chi connectivity index (χ2v) is 14.0. The highest BCUT2D eigenvalue weighted by Crippen LogP contribution is 2.60. The minimum absolute atomic E-state index is 0.00952. The Morgan fingerprint density at radius 1 is 0.587 bits per heavy atom. The van der Waals surface area contributed by atoms with Crippen LogP contribution in [0.1, 0.15) is 33.7 Å². The maximum absolute atomic E-state index is 14.4. The van der Waals surface area contributed by atoms with Gasteiger partial charge in [0.05, 0.1) is 5.41 Å². The summed E-state index contributed by atoms with van der Waals surface area (Å²) < 4.78 is 86.3. The molecular weight excluding hydrogens is 650 g/mol. The molecule has 0 unspecified atom stereocenters. The second-order valence-electron chi connectivity index (χ2n) is 10.7. The summed E-state index contributed by atoms with van der Waals surface area (Å²) in [5.41, 5.74) is -9.77. The lowest BCUT2D eigenvalue weighted by Gasteiger charge is -2.32. The molecule has 1 aromatic heterocycles. The van der Waals surface area contributed by atoms with E-state index in [0.29, 0.717) is 22.3 Å². The smallest absolute Gasteiger partial charge is 0.338 e. The molecule has 240 valence electrons. The molecule has 0 aliphatic carbocycles. The summed E-state index contributed by atoms with van der Waals surface area (Å²) in [6, 6.07) is 26.4. The summed E-state index contributed by atoms with van der Waals surface area (Å²) >= 11 is 0. The first-order chi connectivity index (χ1) is 21.5. The summed E-state index contributed by atoms with van der Waals surface area (Å²) in [5, 5.41) is 4.15. The molecule has 0 atom stereocenters. The molecule has 0 aliphatic rings. The van der Waals surface area contributed by atoms with Crippen LogP contribution in [0.5, 0.6) is 0 Å². The predicted molar refractivity (Wildman–Crippen MR) is 159 cm³/mol. The molecule has 0 amide bonds. The SMILES string of the molecule is O=P(O)(O)C(F)(F)c1ccc(CC(Cc2ccc(C(F)(F)P(=O)(O)O)cc2)(c2ccccc2)c2nc(-c3ccccc3)no2)cc1. The van der Waals surface area contributed by atoms with E-state index in [-0.39, 0.29) is 24.6 Å². The van der Waals surface area contributed by atoms with E-state index in [2.05, 4.69) is 10.1 Å². The minimum Gasteiger partial charge on any atom is -0.338 e. The summed E-state index contributed by atoms with van der Waals surface area (Å²) in [4.78, 5) is 41.4. The number of hydrogen-bond donors (Lipinski definition) is 4. The summed E-state index contributed by atoms with van der Waals surface area (Å²) in [7, 11) is -11.6. The quantitative estimate of drug-likeness (QED) is 0.0859. The molecule has 0 saturated carbocycles. The molecule has 0 radical (unpaired) electrons. The van der Waals surface area contributed by atoms with Gasteiger partial charge in [0.25, 0.3) is 0 Å². The maximum atomic E-state index is 14.4. The average Bonchev–Trinajstić information content (AvgIpc) is 3.52. The fraction of sp³-hybridized carbons (Fsp3) is 0.161. The fourth-order valence-corrected chi connectivity index (χ4v) is 6.07. The van der Waals surface area contributed by atoms with E-state index in [1.165, 1.54) is 24.3 Å². The summed E-state index contributed by atoms with van der Waals surface area (Å²) in [5.74, 6) is 0.330. The zero-order valence-electron chi connectivity index (χ0n) is 23.6. The Morgan fingerprint density at radius 2 is 1.00 bits per heavy atom. The second kappa shape index (κ2) is 12.3. The van der Waals surface area contributed by atoms with E-state index < -0.39 is 43.1 Å². The number of nitrogens with zero attached hydrogens (tertiary/aromatic N) is 2. The van der Waals surface area contributed by atoms with Gasteiger partial charge in [-0.25, -0.2) is 0 Å². The Balaban J connectivity index is 1.64. The molecule has 9 nitrogen and oxygen atoms in total. The molecule has 15 heteroatoms. The molecule has 5 rings (SSSR count). The van der Waals surface area contributed by atoms with Gasteiger partial charge in [0.15, 0.2) is 0 Å². The van der Waals surface area contributed by atoms with Crippen LogP contribution in [0.25, 0.3) is 11.4 Å². The van der Waals surface area contributed by atoms with Crippen LogP contribution < -0.4 is 0 Å². The number of hydrogen-bond acceptors (Lipinski definition) is 5. The van der Waals surface area contributed by atoms with Gasteiger partial charge in [0, 0.05) is 16.7 Å². The van der Waals surface area contributed by atoms with Gasteiger partial charge in [0.1, 0.15) is 0 Å². The summed E-state index contributed by atoms with van der Waals surface area (Å²) in [6.07, 6.45) is 0.0190. The molecular formula is C31H26F4N2O7P2. The first kappa shape index (κ1) is 33.4. The number of aromatic nitrogens is 2. The molecule has 4 aromatic carbocycles. The van der Waals surface area contributed by atoms with Gasteiger partial charge in [-0.15, -0.1) is 0 Å². The standard InChI is InChI=1S/C31H26F4N2O7P2/c32-30(33,45(38,39)40)25-15-11-21(12-16-25)19-29(24-9-5-2-6-10-24,28-36-27(37-44-28)23-7-3-1-4-8-23)20-22-13-17-26(18-14-22)31(34,35)46(41,42)43/h1-18H,19-20H2,(H2,38,39,40)(H2,41,42,43). The van der Waals surface area contributed by atoms with Crippen molar-refractivity contribution in [3.05, 3.63) is 143 Å². The molecule has 4 N–H and O–H groups in total. The topological polar surface area (TPSA) is 154 Å². The van der Waals surface area contributed by atoms with Crippen molar-refractivity contribution in [1.29, 1.82) is 0 Å². The van der Waals surface area contributed by atoms with Crippen LogP contribution in [0.3, 0.4) is 0 Å². The van der Waals surface area contributed by atoms with E-state index in [9.17, 15) is 26.7 Å². The molecule has 0 bridgehead atoms. The Hall–Kier alpha value is -3.96. The molecule has 0 aliphatic heterocycles. The largest absolute Gasteiger partial charge is 0.399 e. The van der Waals surface area contributed by atoms with Crippen LogP contribution in [0.2, 0.25) is 0 Å². The number of benzene rings is 4. The zero-order chi connectivity index (χ0) is 33.4. The van der Waals surface area contributed by atoms with Crippen molar-refractivity contribution in [2.75, 3.05) is 0 Å². The van der Waals surface area contributed by atoms with Crippen LogP contribution >= 0.6 is 15.2 Å². The van der Waals surface area contributed by atoms with Crippen LogP contribution in [0, 0.1) is 0 Å². The van der Waals surface area contributed by atoms with Crippen molar-refractivity contribution in [1.82, 2.24) is 10.1 Å². The van der Waals surface area contributed by atoms with Gasteiger partial charge in [-0.1, -0.05) is 114 Å². The van der Waals surface area contributed by atoms with Crippen LogP contribution in [-0.4, -0.2) is 29.7 Å². The molecule has 0 fully saturated rings. The third kappa shape index (κ3) is 6.48. The van der Waals surface area contributed by atoms with Crippen molar-refractivity contribution in [3.63, 3.8) is 0 Å². The predicted octanol–water partition coefficient (Wildman–Crippen LogP) is 6.96. The van der Waals surface area contributed by atoms with E-state index in [4.69, 9.17) is 24.1 Å². The monoisotopic (exact) mass is 676 g/mol. The first-order valence-corrected chi connectivity index (χ1v) is 16.8. The third-order valence-electron chi connectivity index (χ3n) is 7.54. The lowest BCUT2D eigenvalue weighted by Crippen LogP contribution is -2.34. The number of halogens is 4. The zero-order valence-corrected chi connectivity index (χ0v) is 25.4. The van der Waals surface area contributed by atoms with E-state index in [0.717, 1.165) is 24.3 Å². The Bertz CT molecular complexity index is 1820. The number of alkyl halides is 4. The van der Waals surface area contributed by atoms with Gasteiger partial charge >= 0.3 is 26.5 Å². The first-order valence-electron chi connectivity index (χ1n) is 13.6. The van der Waals surface area contributed by atoms with Crippen molar-refractivity contribution in [2.45, 2.75) is 29.6 Å². The minimum atomic E-state index is -5.81. The van der Waals surface area contributed by atoms with Gasteiger partial charge in [-0.2, -0.15) is 22.5 Å². The third-order valence-corrected chi connectivity index (χ3v) is 9.52. The van der Waals surface area contributed by atoms with Crippen LogP contribution in [0.15, 0.2) is 114 Å². The Kier molecular flexibility index (Phi) is 8.96. The Morgan fingerprint density at radius 3 is 1.41 bits per heavy atom. The molecule has 46 heavy (non-hydrogen) atoms.